The molecule has 1 N–H and O–H groups in total. The van der Waals surface area contributed by atoms with Gasteiger partial charge < -0.3 is 10.0 Å². The first-order valence-corrected chi connectivity index (χ1v) is 7.16. The Balaban J connectivity index is 2.01. The van der Waals surface area contributed by atoms with Gasteiger partial charge in [0.25, 0.3) is 5.91 Å². The summed E-state index contributed by atoms with van der Waals surface area (Å²) < 4.78 is 1.33. The lowest BCUT2D eigenvalue weighted by Gasteiger charge is -2.30. The number of aromatic nitrogens is 2. The Morgan fingerprint density at radius 1 is 1.32 bits per heavy atom. The number of carboxylic acid groups (broad SMARTS) is 1. The van der Waals surface area contributed by atoms with E-state index in [9.17, 15) is 9.59 Å². The van der Waals surface area contributed by atoms with E-state index in [1.165, 1.54) is 21.9 Å². The predicted molar refractivity (Wildman–Crippen MR) is 81.3 cm³/mol. The van der Waals surface area contributed by atoms with E-state index in [0.29, 0.717) is 6.54 Å². The average Bonchev–Trinajstić information content (AvgIpc) is 2.89. The summed E-state index contributed by atoms with van der Waals surface area (Å²) in [6.07, 6.45) is 1.85. The molecule has 0 spiro atoms. The smallest absolute Gasteiger partial charge is 0.356 e. The number of aryl methyl sites for hydroxylation is 2. The standard InChI is InChI=1S/C16H17N3O3/c1-10-5-3-7-13-11(10)6-4-8-19(13)15(20)14-9-12(16(21)22)17-18(14)2/h3,5,7,9H,4,6,8H2,1-2H3,(H,21,22). The summed E-state index contributed by atoms with van der Waals surface area (Å²) in [6, 6.07) is 7.24. The van der Waals surface area contributed by atoms with Crippen molar-refractivity contribution in [1.82, 2.24) is 9.78 Å². The third-order valence-electron chi connectivity index (χ3n) is 4.05. The zero-order chi connectivity index (χ0) is 15.9. The molecule has 1 aromatic heterocycles. The number of hydrogen-bond donors (Lipinski definition) is 1. The van der Waals surface area contributed by atoms with Gasteiger partial charge in [-0.1, -0.05) is 12.1 Å². The highest BCUT2D eigenvalue weighted by Gasteiger charge is 2.27. The van der Waals surface area contributed by atoms with E-state index in [1.54, 1.807) is 11.9 Å². The summed E-state index contributed by atoms with van der Waals surface area (Å²) in [7, 11) is 1.58. The third-order valence-corrected chi connectivity index (χ3v) is 4.05. The number of aromatic carboxylic acids is 1. The van der Waals surface area contributed by atoms with Crippen molar-refractivity contribution in [3.63, 3.8) is 0 Å². The molecule has 0 radical (unpaired) electrons. The lowest BCUT2D eigenvalue weighted by atomic mass is 9.97. The number of carboxylic acids is 1. The molecule has 0 unspecified atom stereocenters. The molecule has 3 rings (SSSR count). The summed E-state index contributed by atoms with van der Waals surface area (Å²) >= 11 is 0. The van der Waals surface area contributed by atoms with Crippen molar-refractivity contribution in [1.29, 1.82) is 0 Å². The highest BCUT2D eigenvalue weighted by atomic mass is 16.4. The molecule has 1 aromatic carbocycles. The summed E-state index contributed by atoms with van der Waals surface area (Å²) in [5.74, 6) is -1.35. The normalized spacial score (nSPS) is 13.8. The highest BCUT2D eigenvalue weighted by Crippen LogP contribution is 2.30. The maximum Gasteiger partial charge on any atom is 0.356 e. The van der Waals surface area contributed by atoms with E-state index in [-0.39, 0.29) is 17.3 Å². The minimum Gasteiger partial charge on any atom is -0.476 e. The molecule has 22 heavy (non-hydrogen) atoms. The van der Waals surface area contributed by atoms with Crippen molar-refractivity contribution < 1.29 is 14.7 Å². The van der Waals surface area contributed by atoms with Crippen LogP contribution in [0.4, 0.5) is 5.69 Å². The first kappa shape index (κ1) is 14.3. The number of amides is 1. The number of benzene rings is 1. The van der Waals surface area contributed by atoms with Gasteiger partial charge in [0.1, 0.15) is 5.69 Å². The zero-order valence-corrected chi connectivity index (χ0v) is 12.5. The molecule has 0 aliphatic carbocycles. The van der Waals surface area contributed by atoms with Crippen LogP contribution in [0.25, 0.3) is 0 Å². The summed E-state index contributed by atoms with van der Waals surface area (Å²) in [6.45, 7) is 2.67. The minimum absolute atomic E-state index is 0.118. The van der Waals surface area contributed by atoms with Gasteiger partial charge >= 0.3 is 5.97 Å². The Kier molecular flexibility index (Phi) is 3.44. The average molecular weight is 299 g/mol. The molecule has 0 saturated heterocycles. The van der Waals surface area contributed by atoms with Crippen molar-refractivity contribution in [2.75, 3.05) is 11.4 Å². The van der Waals surface area contributed by atoms with Crippen molar-refractivity contribution in [3.05, 3.63) is 46.8 Å². The van der Waals surface area contributed by atoms with E-state index in [1.807, 2.05) is 25.1 Å². The van der Waals surface area contributed by atoms with Crippen LogP contribution in [0, 0.1) is 6.92 Å². The number of carbonyl (C=O) groups excluding carboxylic acids is 1. The van der Waals surface area contributed by atoms with Crippen molar-refractivity contribution in [3.8, 4) is 0 Å². The van der Waals surface area contributed by atoms with Crippen LogP contribution in [0.2, 0.25) is 0 Å². The molecule has 0 atom stereocenters. The van der Waals surface area contributed by atoms with E-state index in [0.717, 1.165) is 18.5 Å². The monoisotopic (exact) mass is 299 g/mol. The van der Waals surface area contributed by atoms with Crippen LogP contribution >= 0.6 is 0 Å². The predicted octanol–water partition coefficient (Wildman–Crippen LogP) is 2.02. The molecule has 0 bridgehead atoms. The highest BCUT2D eigenvalue weighted by molar-refractivity contribution is 6.06. The summed E-state index contributed by atoms with van der Waals surface area (Å²) in [5, 5.41) is 12.9. The minimum atomic E-state index is -1.13. The topological polar surface area (TPSA) is 75.4 Å². The van der Waals surface area contributed by atoms with Gasteiger partial charge in [0.2, 0.25) is 0 Å². The van der Waals surface area contributed by atoms with Gasteiger partial charge in [0, 0.05) is 25.3 Å². The second-order valence-electron chi connectivity index (χ2n) is 5.48. The SMILES string of the molecule is Cc1cccc2c1CCCN2C(=O)c1cc(C(=O)O)nn1C. The lowest BCUT2D eigenvalue weighted by Crippen LogP contribution is -2.36. The second-order valence-corrected chi connectivity index (χ2v) is 5.48. The van der Waals surface area contributed by atoms with Gasteiger partial charge in [0.15, 0.2) is 5.69 Å². The van der Waals surface area contributed by atoms with Crippen LogP contribution in [-0.4, -0.2) is 33.3 Å². The Labute approximate surface area is 128 Å². The van der Waals surface area contributed by atoms with E-state index < -0.39 is 5.97 Å². The zero-order valence-electron chi connectivity index (χ0n) is 12.5. The van der Waals surface area contributed by atoms with Crippen LogP contribution in [0.15, 0.2) is 24.3 Å². The molecule has 0 fully saturated rings. The van der Waals surface area contributed by atoms with Gasteiger partial charge in [-0.2, -0.15) is 5.10 Å². The third kappa shape index (κ3) is 2.26. The summed E-state index contributed by atoms with van der Waals surface area (Å²) in [5.41, 5.74) is 3.43. The van der Waals surface area contributed by atoms with Crippen LogP contribution in [-0.2, 0) is 13.5 Å². The van der Waals surface area contributed by atoms with Crippen LogP contribution in [0.1, 0.15) is 38.5 Å². The number of rotatable bonds is 2. The van der Waals surface area contributed by atoms with Gasteiger partial charge in [-0.05, 0) is 37.0 Å². The maximum atomic E-state index is 12.8. The van der Waals surface area contributed by atoms with E-state index in [2.05, 4.69) is 5.10 Å². The molecule has 1 aliphatic rings. The molecule has 1 amide bonds. The number of fused-ring (bicyclic) bond motifs is 1. The Bertz CT molecular complexity index is 764. The van der Waals surface area contributed by atoms with Crippen molar-refractivity contribution in [2.45, 2.75) is 19.8 Å². The summed E-state index contributed by atoms with van der Waals surface area (Å²) in [4.78, 5) is 25.5. The Morgan fingerprint density at radius 3 is 2.77 bits per heavy atom. The fourth-order valence-corrected chi connectivity index (χ4v) is 2.92. The Hall–Kier alpha value is -2.63. The first-order valence-electron chi connectivity index (χ1n) is 7.16. The molecule has 6 nitrogen and oxygen atoms in total. The molecule has 114 valence electrons. The van der Waals surface area contributed by atoms with Crippen LogP contribution in [0.5, 0.6) is 0 Å². The molecular weight excluding hydrogens is 282 g/mol. The molecule has 0 saturated carbocycles. The number of carbonyl (C=O) groups is 2. The lowest BCUT2D eigenvalue weighted by molar-refractivity contribution is 0.0689. The molecule has 2 aromatic rings. The van der Waals surface area contributed by atoms with Crippen molar-refractivity contribution in [2.24, 2.45) is 7.05 Å². The van der Waals surface area contributed by atoms with Crippen molar-refractivity contribution >= 4 is 17.6 Å². The first-order chi connectivity index (χ1) is 10.5. The number of hydrogen-bond acceptors (Lipinski definition) is 3. The fourth-order valence-electron chi connectivity index (χ4n) is 2.92. The van der Waals surface area contributed by atoms with E-state index in [4.69, 9.17) is 5.11 Å². The van der Waals surface area contributed by atoms with Crippen LogP contribution < -0.4 is 4.90 Å². The molecule has 6 heteroatoms. The van der Waals surface area contributed by atoms with Crippen LogP contribution in [0.3, 0.4) is 0 Å². The van der Waals surface area contributed by atoms with Gasteiger partial charge in [0.05, 0.1) is 0 Å². The molecular formula is C16H17N3O3. The molecule has 1 aliphatic heterocycles. The van der Waals surface area contributed by atoms with Gasteiger partial charge in [-0.15, -0.1) is 0 Å². The number of anilines is 1. The fraction of sp³-hybridized carbons (Fsp3) is 0.312. The van der Waals surface area contributed by atoms with E-state index >= 15 is 0 Å². The molecule has 2 heterocycles. The maximum absolute atomic E-state index is 12.8. The quantitative estimate of drug-likeness (QED) is 0.920. The van der Waals surface area contributed by atoms with Gasteiger partial charge in [-0.3, -0.25) is 9.48 Å². The number of nitrogens with zero attached hydrogens (tertiary/aromatic N) is 3. The van der Waals surface area contributed by atoms with Gasteiger partial charge in [-0.25, -0.2) is 4.79 Å². The second kappa shape index (κ2) is 5.29. The largest absolute Gasteiger partial charge is 0.476 e. The Morgan fingerprint density at radius 2 is 2.09 bits per heavy atom.